The SMILES string of the molecule is CC(C)C[C@H](N)C(=O)[C@@]1(C)CO1.COCC(CC(=O)[C@@H](C)COC)C(=O)OC.COC[C@H](C)C(=O)O.COC[C@H](C)C(=O)OC.COC[C@H](CC(=O)[C@H](COC)NC(=O)c1cc(C)on1)C(=O)N[C@@H](CC(C)C)C(=O)[C@@]1(C)CO1.COC[C@H](CC(=O)[C@H](COC)NC(=O)c1cc(C)on1)C(=O)O.COC[C@H](CC(=O)[C@H](COC)NC(=O)c1cc(C)on1)C(=O)OC.COC[C@H](N)C(=O)O.Cc1cc(C(=O)O)no1. The molecule has 0 spiro atoms. The van der Waals surface area contributed by atoms with Crippen LogP contribution in [0.3, 0.4) is 0 Å². The van der Waals surface area contributed by atoms with Crippen molar-refractivity contribution in [3.8, 4) is 0 Å². The second-order valence-corrected chi connectivity index (χ2v) is 33.7. The largest absolute Gasteiger partial charge is 0.481 e. The highest BCUT2D eigenvalue weighted by molar-refractivity contribution is 6.01. The topological polar surface area (TPSA) is 730 Å². The monoisotopic (exact) mass is 2050 g/mol. The second-order valence-electron chi connectivity index (χ2n) is 33.7. The van der Waals surface area contributed by atoms with Crippen molar-refractivity contribution in [1.82, 2.24) is 41.9 Å². The van der Waals surface area contributed by atoms with Gasteiger partial charge < -0.3 is 147 Å². The second kappa shape index (κ2) is 74.3. The van der Waals surface area contributed by atoms with Gasteiger partial charge in [0.05, 0.1) is 155 Å². The third-order valence-corrected chi connectivity index (χ3v) is 19.6. The fourth-order valence-electron chi connectivity index (χ4n) is 11.6. The van der Waals surface area contributed by atoms with Gasteiger partial charge in [0.1, 0.15) is 64.2 Å². The highest BCUT2D eigenvalue weighted by Crippen LogP contribution is 2.31. The molecule has 0 radical (unpaired) electrons. The standard InChI is InChI=1S/C23H35N3O8.C15H22N2O7.C14H20N2O7.C11H20O5.C9H17NO2.C6H12O3.C5H5NO3.C5H10O3.C4H9NO3/c1-13(2)7-16(20(28)23(4)12-33-23)24-21(29)15(10-31-5)9-19(27)18(11-32-6)25-22(30)17-8-14(3)34-26-17;1-9-5-11(17-24-9)14(19)16-12(8-22-3)13(18)6-10(7-21-2)15(20)23-4;1-8-4-10(16-23-8)13(18)15-11(7-22-3)12(17)5-9(6-21-2)14(19)20;1-8(6-14-2)10(12)5-9(7-15-3)11(13)16-4;1-6(2)4-7(10)8(11)9(3)5-12-9;1-5(4-8-2)6(7)9-3;1-3-2-4(5(7)8)6-9-3;1-4(3-8-2)5(6)7;1-8-2-3(5)4(6)7/h8,13,15-16,18H,7,9-12H2,1-6H3,(H,24,29)(H,25,30);5,10,12H,6-8H2,1-4H3,(H,16,19);4,9,11H,5-7H2,1-3H3,(H,15,18)(H,19,20);8-9H,5-7H2,1-4H3;6-7H,4-5,10H2,1-3H3;5H,4H2,1-3H3;2H,1H3,(H,7,8);4H,3H2,1-2H3,(H,6,7);3H,2,5H2,1H3,(H,6,7)/t15-,16-,18-,23+;10-,12-;9-,11-;8-,9?;7-,9+;5-;;4-;3-/m000000.00/s1. The first-order valence-electron chi connectivity index (χ1n) is 44.6. The minimum absolute atomic E-state index is 0.0192. The van der Waals surface area contributed by atoms with Crippen molar-refractivity contribution < 1.29 is 196 Å². The predicted molar refractivity (Wildman–Crippen MR) is 501 cm³/mol. The Morgan fingerprint density at radius 2 is 0.629 bits per heavy atom. The third kappa shape index (κ3) is 57.5. The van der Waals surface area contributed by atoms with E-state index >= 15 is 0 Å². The molecule has 4 amide bonds. The number of carbonyl (C=O) groups is 17. The Morgan fingerprint density at radius 3 is 0.895 bits per heavy atom. The van der Waals surface area contributed by atoms with Crippen LogP contribution in [-0.4, -0.2) is 374 Å². The quantitative estimate of drug-likeness (QED) is 0.0173. The smallest absolute Gasteiger partial charge is 0.358 e. The van der Waals surface area contributed by atoms with Gasteiger partial charge in [-0.05, 0) is 80.1 Å². The van der Waals surface area contributed by atoms with Crippen molar-refractivity contribution in [1.29, 1.82) is 0 Å². The Balaban J connectivity index is -0.00000162. The molecule has 814 valence electrons. The number of hydrogen-bond acceptors (Lipinski definition) is 43. The molecule has 143 heavy (non-hydrogen) atoms. The Labute approximate surface area is 830 Å². The number of nitrogens with zero attached hydrogens (tertiary/aromatic N) is 4. The number of carboxylic acids is 4. The van der Waals surface area contributed by atoms with Crippen LogP contribution < -0.4 is 32.7 Å². The number of ketones is 6. The number of hydrogen-bond donors (Lipinski definition) is 10. The van der Waals surface area contributed by atoms with E-state index in [1.165, 1.54) is 117 Å². The number of amides is 4. The predicted octanol–water partition coefficient (Wildman–Crippen LogP) is 2.90. The number of carbonyl (C=O) groups excluding carboxylic acids is 13. The summed E-state index contributed by atoms with van der Waals surface area (Å²) in [5, 5.41) is 58.0. The Kier molecular flexibility index (Phi) is 70.5. The van der Waals surface area contributed by atoms with Crippen LogP contribution in [0.15, 0.2) is 42.4 Å². The lowest BCUT2D eigenvalue weighted by Gasteiger charge is -2.25. The van der Waals surface area contributed by atoms with E-state index in [-0.39, 0.29) is 167 Å². The molecular formula is C92H150N10O41. The number of rotatable bonds is 57. The Bertz CT molecular complexity index is 4460. The lowest BCUT2D eigenvalue weighted by atomic mass is 9.92. The molecule has 2 aliphatic heterocycles. The molecular weight excluding hydrogens is 1900 g/mol. The lowest BCUT2D eigenvalue weighted by molar-refractivity contribution is -0.150. The number of esters is 3. The maximum atomic E-state index is 13.1. The van der Waals surface area contributed by atoms with Crippen LogP contribution >= 0.6 is 0 Å². The molecule has 6 heterocycles. The summed E-state index contributed by atoms with van der Waals surface area (Å²) < 4.78 is 96.4. The summed E-state index contributed by atoms with van der Waals surface area (Å²) in [4.78, 5) is 198. The van der Waals surface area contributed by atoms with Gasteiger partial charge in [-0.1, -0.05) is 55.2 Å². The number of carboxylic acid groups (broad SMARTS) is 4. The van der Waals surface area contributed by atoms with E-state index in [2.05, 4.69) is 83.9 Å². The lowest BCUT2D eigenvalue weighted by Crippen LogP contribution is -2.50. The molecule has 51 nitrogen and oxygen atoms in total. The molecule has 4 aromatic rings. The zero-order valence-electron chi connectivity index (χ0n) is 86.7. The number of aliphatic carboxylic acids is 3. The van der Waals surface area contributed by atoms with Crippen LogP contribution in [0.2, 0.25) is 0 Å². The van der Waals surface area contributed by atoms with Gasteiger partial charge in [-0.3, -0.25) is 76.7 Å². The number of aryl methyl sites for hydroxylation is 4. The average molecular weight is 2050 g/mol. The molecule has 1 unspecified atom stereocenters. The average Bonchev–Trinajstić information content (AvgIpc) is 1.64. The molecule has 2 saturated heterocycles. The molecule has 2 aliphatic rings. The molecule has 0 aliphatic carbocycles. The minimum atomic E-state index is -1.14. The third-order valence-electron chi connectivity index (χ3n) is 19.6. The van der Waals surface area contributed by atoms with Gasteiger partial charge in [-0.25, -0.2) is 4.79 Å². The van der Waals surface area contributed by atoms with E-state index in [1.54, 1.807) is 69.4 Å². The number of nitrogens with one attached hydrogen (secondary N) is 4. The van der Waals surface area contributed by atoms with E-state index in [9.17, 15) is 81.5 Å². The fourth-order valence-corrected chi connectivity index (χ4v) is 11.6. The molecule has 4 aromatic heterocycles. The molecule has 0 bridgehead atoms. The van der Waals surface area contributed by atoms with Crippen molar-refractivity contribution in [3.05, 3.63) is 70.1 Å². The van der Waals surface area contributed by atoms with E-state index in [0.29, 0.717) is 61.8 Å². The van der Waals surface area contributed by atoms with Crippen LogP contribution in [0.1, 0.15) is 166 Å². The zero-order valence-corrected chi connectivity index (χ0v) is 86.7. The Morgan fingerprint density at radius 1 is 0.336 bits per heavy atom. The van der Waals surface area contributed by atoms with E-state index in [4.69, 9.17) is 97.6 Å². The van der Waals surface area contributed by atoms with Crippen LogP contribution in [0.25, 0.3) is 0 Å². The van der Waals surface area contributed by atoms with Crippen LogP contribution in [0.4, 0.5) is 0 Å². The van der Waals surface area contributed by atoms with Crippen LogP contribution in [0.5, 0.6) is 0 Å². The number of ether oxygens (including phenoxy) is 16. The first kappa shape index (κ1) is 136. The summed E-state index contributed by atoms with van der Waals surface area (Å²) in [7, 11) is 19.7. The van der Waals surface area contributed by atoms with Crippen molar-refractivity contribution >= 4 is 100 Å². The normalized spacial score (nSPS) is 16.1. The highest BCUT2D eigenvalue weighted by atomic mass is 16.6. The highest BCUT2D eigenvalue weighted by Gasteiger charge is 2.51. The van der Waals surface area contributed by atoms with Gasteiger partial charge in [-0.2, -0.15) is 0 Å². The number of aromatic carboxylic acids is 1. The Hall–Kier alpha value is -11.6. The van der Waals surface area contributed by atoms with Gasteiger partial charge in [-0.15, -0.1) is 0 Å². The van der Waals surface area contributed by atoms with Gasteiger partial charge >= 0.3 is 41.8 Å². The summed E-state index contributed by atoms with van der Waals surface area (Å²) in [5.41, 5.74) is 9.36. The maximum Gasteiger partial charge on any atom is 0.358 e. The van der Waals surface area contributed by atoms with Crippen LogP contribution in [0, 0.1) is 81.0 Å². The van der Waals surface area contributed by atoms with Gasteiger partial charge in [0.25, 0.3) is 17.7 Å². The van der Waals surface area contributed by atoms with Gasteiger partial charge in [0.2, 0.25) is 5.91 Å². The van der Waals surface area contributed by atoms with E-state index in [1.807, 2.05) is 13.8 Å². The number of Topliss-reactive ketones (excluding diaryl/α,β-unsaturated/α-hetero) is 6. The number of epoxide rings is 2. The van der Waals surface area contributed by atoms with Crippen molar-refractivity contribution in [2.75, 3.05) is 185 Å². The van der Waals surface area contributed by atoms with E-state index < -0.39 is 136 Å². The number of aromatic nitrogens is 4. The maximum absolute atomic E-state index is 13.1. The van der Waals surface area contributed by atoms with Crippen molar-refractivity contribution in [2.24, 2.45) is 64.7 Å². The summed E-state index contributed by atoms with van der Waals surface area (Å²) in [6.45, 7) is 25.1. The minimum Gasteiger partial charge on any atom is -0.481 e. The molecule has 15 atom stereocenters. The van der Waals surface area contributed by atoms with Crippen molar-refractivity contribution in [3.63, 3.8) is 0 Å². The molecule has 2 fully saturated rings. The summed E-state index contributed by atoms with van der Waals surface area (Å²) in [6, 6.07) is 0.793. The summed E-state index contributed by atoms with van der Waals surface area (Å²) >= 11 is 0. The zero-order chi connectivity index (χ0) is 110. The molecule has 12 N–H and O–H groups in total. The molecule has 0 saturated carbocycles. The summed E-state index contributed by atoms with van der Waals surface area (Å²) in [5.74, 6) is -10.3. The number of methoxy groups -OCH3 is 14. The van der Waals surface area contributed by atoms with E-state index in [0.717, 1.165) is 6.42 Å². The van der Waals surface area contributed by atoms with Gasteiger partial charge in [0, 0.05) is 134 Å². The molecule has 6 rings (SSSR count). The fraction of sp³-hybridized carbons (Fsp3) is 0.685. The van der Waals surface area contributed by atoms with Crippen LogP contribution in [-0.2, 0) is 138 Å². The molecule has 51 heteroatoms. The number of nitrogens with two attached hydrogens (primary N) is 2. The van der Waals surface area contributed by atoms with Gasteiger partial charge in [0.15, 0.2) is 51.7 Å². The van der Waals surface area contributed by atoms with Crippen molar-refractivity contribution in [2.45, 2.75) is 176 Å². The first-order chi connectivity index (χ1) is 67.1. The molecule has 0 aromatic carbocycles. The summed E-state index contributed by atoms with van der Waals surface area (Å²) in [6.07, 6.45) is 0.670. The first-order valence-corrected chi connectivity index (χ1v) is 44.6.